The molecule has 18 heavy (non-hydrogen) atoms. The van der Waals surface area contributed by atoms with Crippen LogP contribution < -0.4 is 5.32 Å². The Morgan fingerprint density at radius 3 is 2.89 bits per heavy atom. The second-order valence-electron chi connectivity index (χ2n) is 3.85. The van der Waals surface area contributed by atoms with Gasteiger partial charge in [0.2, 0.25) is 5.69 Å². The highest BCUT2D eigenvalue weighted by Gasteiger charge is 2.22. The van der Waals surface area contributed by atoms with Crippen molar-refractivity contribution in [1.29, 1.82) is 0 Å². The minimum atomic E-state index is -0.771. The Morgan fingerprint density at radius 1 is 1.67 bits per heavy atom. The van der Waals surface area contributed by atoms with Crippen molar-refractivity contribution in [3.63, 3.8) is 0 Å². The lowest BCUT2D eigenvalue weighted by Gasteiger charge is -2.26. The molecule has 2 rings (SSSR count). The zero-order valence-electron chi connectivity index (χ0n) is 9.35. The van der Waals surface area contributed by atoms with Gasteiger partial charge in [-0.25, -0.2) is 9.24 Å². The van der Waals surface area contributed by atoms with Crippen LogP contribution in [0.1, 0.15) is 6.42 Å². The lowest BCUT2D eigenvalue weighted by Crippen LogP contribution is -2.33. The van der Waals surface area contributed by atoms with Crippen LogP contribution in [0.15, 0.2) is 12.1 Å². The molecular formula is C11H10FN3O3. The van der Waals surface area contributed by atoms with Crippen molar-refractivity contribution in [3.8, 4) is 0 Å². The van der Waals surface area contributed by atoms with Crippen LogP contribution in [0.25, 0.3) is 4.85 Å². The molecule has 1 N–H and O–H groups in total. The molecule has 0 bridgehead atoms. The van der Waals surface area contributed by atoms with E-state index in [9.17, 15) is 14.5 Å². The molecule has 1 aromatic rings. The van der Waals surface area contributed by atoms with E-state index in [2.05, 4.69) is 10.2 Å². The Kier molecular flexibility index (Phi) is 3.39. The van der Waals surface area contributed by atoms with Crippen LogP contribution in [0, 0.1) is 22.5 Å². The summed E-state index contributed by atoms with van der Waals surface area (Å²) in [7, 11) is 0. The average Bonchev–Trinajstić information content (AvgIpc) is 2.26. The van der Waals surface area contributed by atoms with E-state index in [0.29, 0.717) is 13.2 Å². The van der Waals surface area contributed by atoms with E-state index in [0.717, 1.165) is 18.6 Å². The highest BCUT2D eigenvalue weighted by Crippen LogP contribution is 2.32. The molecule has 0 saturated carbocycles. The van der Waals surface area contributed by atoms with E-state index in [4.69, 9.17) is 11.3 Å². The van der Waals surface area contributed by atoms with Gasteiger partial charge in [-0.1, -0.05) is 0 Å². The van der Waals surface area contributed by atoms with Gasteiger partial charge in [0.15, 0.2) is 0 Å². The highest BCUT2D eigenvalue weighted by atomic mass is 19.1. The molecule has 0 spiro atoms. The summed E-state index contributed by atoms with van der Waals surface area (Å²) in [6.45, 7) is 7.79. The molecule has 0 unspecified atom stereocenters. The third-order valence-electron chi connectivity index (χ3n) is 2.70. The van der Waals surface area contributed by atoms with Crippen molar-refractivity contribution in [2.75, 3.05) is 18.5 Å². The SMILES string of the molecule is [C-]#[N+]c1cc([N+](=O)[O-])c(NC[C@@H]2CCO2)cc1F. The fourth-order valence-electron chi connectivity index (χ4n) is 1.60. The molecule has 1 fully saturated rings. The molecule has 1 atom stereocenters. The molecule has 0 radical (unpaired) electrons. The van der Waals surface area contributed by atoms with Crippen LogP contribution in [-0.2, 0) is 4.74 Å². The fraction of sp³-hybridized carbons (Fsp3) is 0.364. The van der Waals surface area contributed by atoms with Crippen LogP contribution >= 0.6 is 0 Å². The molecule has 1 aromatic carbocycles. The monoisotopic (exact) mass is 251 g/mol. The number of benzene rings is 1. The van der Waals surface area contributed by atoms with Crippen molar-refractivity contribution >= 4 is 17.1 Å². The first kappa shape index (κ1) is 12.3. The van der Waals surface area contributed by atoms with Crippen molar-refractivity contribution < 1.29 is 14.1 Å². The molecule has 1 saturated heterocycles. The van der Waals surface area contributed by atoms with E-state index in [-0.39, 0.29) is 23.2 Å². The number of hydrogen-bond acceptors (Lipinski definition) is 4. The zero-order valence-corrected chi connectivity index (χ0v) is 9.35. The molecular weight excluding hydrogens is 241 g/mol. The first-order valence-electron chi connectivity index (χ1n) is 5.32. The molecule has 0 aromatic heterocycles. The van der Waals surface area contributed by atoms with Crippen molar-refractivity contribution in [2.45, 2.75) is 12.5 Å². The Morgan fingerprint density at radius 2 is 2.39 bits per heavy atom. The van der Waals surface area contributed by atoms with Crippen molar-refractivity contribution in [2.24, 2.45) is 0 Å². The van der Waals surface area contributed by atoms with E-state index < -0.39 is 10.7 Å². The number of nitrogens with one attached hydrogen (secondary N) is 1. The average molecular weight is 251 g/mol. The molecule has 1 aliphatic rings. The number of rotatable bonds is 4. The summed E-state index contributed by atoms with van der Waals surface area (Å²) in [5.74, 6) is -0.771. The van der Waals surface area contributed by atoms with Gasteiger partial charge in [-0.2, -0.15) is 0 Å². The fourth-order valence-corrected chi connectivity index (χ4v) is 1.60. The third-order valence-corrected chi connectivity index (χ3v) is 2.70. The summed E-state index contributed by atoms with van der Waals surface area (Å²) in [5.41, 5.74) is -0.589. The first-order valence-corrected chi connectivity index (χ1v) is 5.32. The first-order chi connectivity index (χ1) is 8.61. The molecule has 6 nitrogen and oxygen atoms in total. The second kappa shape index (κ2) is 4.98. The molecule has 94 valence electrons. The second-order valence-corrected chi connectivity index (χ2v) is 3.85. The predicted molar refractivity (Wildman–Crippen MR) is 62.2 cm³/mol. The summed E-state index contributed by atoms with van der Waals surface area (Å²) in [6.07, 6.45) is 0.886. The van der Waals surface area contributed by atoms with Crippen molar-refractivity contribution in [3.05, 3.63) is 39.5 Å². The van der Waals surface area contributed by atoms with Gasteiger partial charge in [0, 0.05) is 19.2 Å². The minimum Gasteiger partial charge on any atom is -0.377 e. The lowest BCUT2D eigenvalue weighted by atomic mass is 10.1. The van der Waals surface area contributed by atoms with Crippen LogP contribution in [0.2, 0.25) is 0 Å². The number of nitro benzene ring substituents is 1. The van der Waals surface area contributed by atoms with Gasteiger partial charge in [-0.15, -0.1) is 0 Å². The standard InChI is InChI=1S/C11H10FN3O3/c1-13-9-5-11(15(16)17)10(4-8(9)12)14-6-7-2-3-18-7/h4-5,7,14H,2-3,6H2/t7-/m0/s1. The molecule has 0 aliphatic carbocycles. The smallest absolute Gasteiger partial charge is 0.282 e. The van der Waals surface area contributed by atoms with Crippen LogP contribution in [0.4, 0.5) is 21.5 Å². The van der Waals surface area contributed by atoms with Crippen molar-refractivity contribution in [1.82, 2.24) is 0 Å². The van der Waals surface area contributed by atoms with E-state index >= 15 is 0 Å². The van der Waals surface area contributed by atoms with Gasteiger partial charge >= 0.3 is 0 Å². The van der Waals surface area contributed by atoms with E-state index in [1.54, 1.807) is 0 Å². The topological polar surface area (TPSA) is 68.8 Å². The maximum absolute atomic E-state index is 13.4. The van der Waals surface area contributed by atoms with Gasteiger partial charge < -0.3 is 10.1 Å². The highest BCUT2D eigenvalue weighted by molar-refractivity contribution is 5.69. The number of hydrogen-bond donors (Lipinski definition) is 1. The maximum atomic E-state index is 13.4. The maximum Gasteiger partial charge on any atom is 0.282 e. The van der Waals surface area contributed by atoms with E-state index in [1.165, 1.54) is 0 Å². The van der Waals surface area contributed by atoms with Crippen LogP contribution in [-0.4, -0.2) is 24.2 Å². The number of halogens is 1. The summed E-state index contributed by atoms with van der Waals surface area (Å²) in [5, 5.41) is 13.6. The van der Waals surface area contributed by atoms with Crippen LogP contribution in [0.3, 0.4) is 0 Å². The Bertz CT molecular complexity index is 523. The van der Waals surface area contributed by atoms with Gasteiger partial charge in [-0.3, -0.25) is 10.1 Å². The summed E-state index contributed by atoms with van der Waals surface area (Å²) in [6, 6.07) is 1.91. The minimum absolute atomic E-state index is 0.00760. The Labute approximate surface area is 102 Å². The summed E-state index contributed by atoms with van der Waals surface area (Å²) < 4.78 is 18.6. The summed E-state index contributed by atoms with van der Waals surface area (Å²) in [4.78, 5) is 13.1. The molecule has 1 heterocycles. The molecule has 7 heteroatoms. The predicted octanol–water partition coefficient (Wildman–Crippen LogP) is 2.49. The van der Waals surface area contributed by atoms with Gasteiger partial charge in [0.05, 0.1) is 17.6 Å². The Hall–Kier alpha value is -2.20. The molecule has 0 amide bonds. The van der Waals surface area contributed by atoms with E-state index in [1.807, 2.05) is 0 Å². The quantitative estimate of drug-likeness (QED) is 0.507. The largest absolute Gasteiger partial charge is 0.377 e. The zero-order chi connectivity index (χ0) is 13.1. The Balaban J connectivity index is 2.23. The number of nitrogens with zero attached hydrogens (tertiary/aromatic N) is 2. The molecule has 1 aliphatic heterocycles. The summed E-state index contributed by atoms with van der Waals surface area (Å²) >= 11 is 0. The van der Waals surface area contributed by atoms with Gasteiger partial charge in [0.1, 0.15) is 11.5 Å². The number of ether oxygens (including phenoxy) is 1. The van der Waals surface area contributed by atoms with Gasteiger partial charge in [0.25, 0.3) is 5.69 Å². The normalized spacial score (nSPS) is 17.7. The number of anilines is 1. The number of nitro groups is 1. The lowest BCUT2D eigenvalue weighted by molar-refractivity contribution is -0.383. The van der Waals surface area contributed by atoms with Gasteiger partial charge in [-0.05, 0) is 12.5 Å². The third kappa shape index (κ3) is 2.38. The van der Waals surface area contributed by atoms with Crippen LogP contribution in [0.5, 0.6) is 0 Å².